The van der Waals surface area contributed by atoms with E-state index in [1.165, 1.54) is 0 Å². The van der Waals surface area contributed by atoms with Gasteiger partial charge in [-0.2, -0.15) is 0 Å². The smallest absolute Gasteiger partial charge is 0.258 e. The molecule has 1 aromatic carbocycles. The first-order valence-corrected chi connectivity index (χ1v) is 5.91. The maximum absolute atomic E-state index is 11.0. The minimum absolute atomic E-state index is 0.455. The number of carbonyl (C=O) groups excluding carboxylic acids is 1. The molecule has 5 heteroatoms. The van der Waals surface area contributed by atoms with E-state index in [1.807, 2.05) is 6.92 Å². The van der Waals surface area contributed by atoms with Crippen LogP contribution in [0.1, 0.15) is 13.3 Å². The number of amides is 1. The molecule has 2 N–H and O–H groups in total. The maximum atomic E-state index is 11.0. The van der Waals surface area contributed by atoms with Gasteiger partial charge in [0, 0.05) is 5.02 Å². The second kappa shape index (κ2) is 5.55. The van der Waals surface area contributed by atoms with Crippen molar-refractivity contribution in [3.8, 4) is 5.75 Å². The highest BCUT2D eigenvalue weighted by molar-refractivity contribution is 14.1. The van der Waals surface area contributed by atoms with E-state index in [0.717, 1.165) is 3.57 Å². The largest absolute Gasteiger partial charge is 0.480 e. The van der Waals surface area contributed by atoms with Crippen molar-refractivity contribution in [3.05, 3.63) is 26.8 Å². The van der Waals surface area contributed by atoms with Crippen LogP contribution in [-0.2, 0) is 4.79 Å². The van der Waals surface area contributed by atoms with E-state index in [0.29, 0.717) is 17.2 Å². The standard InChI is InChI=1S/C10H11ClINO2/c1-2-8(10(13)14)15-9-4-3-6(11)5-7(9)12/h3-5,8H,2H2,1H3,(H2,13,14). The van der Waals surface area contributed by atoms with Crippen molar-refractivity contribution < 1.29 is 9.53 Å². The fourth-order valence-electron chi connectivity index (χ4n) is 1.07. The minimum atomic E-state index is -0.584. The molecule has 0 bridgehead atoms. The Bertz CT molecular complexity index is 370. The number of hydrogen-bond donors (Lipinski definition) is 1. The first-order valence-electron chi connectivity index (χ1n) is 4.45. The molecule has 0 saturated heterocycles. The van der Waals surface area contributed by atoms with Gasteiger partial charge in [-0.25, -0.2) is 0 Å². The Morgan fingerprint density at radius 3 is 2.80 bits per heavy atom. The van der Waals surface area contributed by atoms with Crippen LogP contribution in [0.4, 0.5) is 0 Å². The van der Waals surface area contributed by atoms with Crippen molar-refractivity contribution in [2.45, 2.75) is 19.4 Å². The van der Waals surface area contributed by atoms with Crippen LogP contribution in [0.5, 0.6) is 5.75 Å². The first kappa shape index (κ1) is 12.6. The van der Waals surface area contributed by atoms with Gasteiger partial charge in [0.25, 0.3) is 5.91 Å². The Morgan fingerprint density at radius 2 is 2.33 bits per heavy atom. The van der Waals surface area contributed by atoms with Gasteiger partial charge in [0.15, 0.2) is 6.10 Å². The highest BCUT2D eigenvalue weighted by Crippen LogP contribution is 2.25. The normalized spacial score (nSPS) is 12.2. The topological polar surface area (TPSA) is 52.3 Å². The lowest BCUT2D eigenvalue weighted by Gasteiger charge is -2.15. The Balaban J connectivity index is 2.84. The highest BCUT2D eigenvalue weighted by Gasteiger charge is 2.15. The summed E-state index contributed by atoms with van der Waals surface area (Å²) in [4.78, 5) is 11.0. The molecule has 0 heterocycles. The summed E-state index contributed by atoms with van der Waals surface area (Å²) in [6.45, 7) is 1.85. The zero-order valence-corrected chi connectivity index (χ0v) is 11.1. The Labute approximate surface area is 107 Å². The number of benzene rings is 1. The molecular formula is C10H11ClINO2. The quantitative estimate of drug-likeness (QED) is 0.857. The Morgan fingerprint density at radius 1 is 1.67 bits per heavy atom. The van der Waals surface area contributed by atoms with Gasteiger partial charge in [0.05, 0.1) is 3.57 Å². The fraction of sp³-hybridized carbons (Fsp3) is 0.300. The van der Waals surface area contributed by atoms with E-state index in [4.69, 9.17) is 22.1 Å². The second-order valence-electron chi connectivity index (χ2n) is 2.99. The first-order chi connectivity index (χ1) is 7.04. The van der Waals surface area contributed by atoms with Crippen LogP contribution in [0.25, 0.3) is 0 Å². The summed E-state index contributed by atoms with van der Waals surface area (Å²) >= 11 is 7.90. The Hall–Kier alpha value is -0.490. The van der Waals surface area contributed by atoms with E-state index >= 15 is 0 Å². The van der Waals surface area contributed by atoms with Gasteiger partial charge in [-0.3, -0.25) is 4.79 Å². The van der Waals surface area contributed by atoms with Gasteiger partial charge < -0.3 is 10.5 Å². The molecule has 0 saturated carbocycles. The fourth-order valence-corrected chi connectivity index (χ4v) is 2.07. The lowest BCUT2D eigenvalue weighted by atomic mass is 10.2. The molecule has 0 aliphatic heterocycles. The molecule has 0 aromatic heterocycles. The van der Waals surface area contributed by atoms with Gasteiger partial charge in [-0.15, -0.1) is 0 Å². The van der Waals surface area contributed by atoms with E-state index in [-0.39, 0.29) is 0 Å². The summed E-state index contributed by atoms with van der Waals surface area (Å²) in [6, 6.07) is 5.22. The number of hydrogen-bond acceptors (Lipinski definition) is 2. The van der Waals surface area contributed by atoms with E-state index in [2.05, 4.69) is 22.6 Å². The van der Waals surface area contributed by atoms with Gasteiger partial charge >= 0.3 is 0 Å². The lowest BCUT2D eigenvalue weighted by molar-refractivity contribution is -0.124. The minimum Gasteiger partial charge on any atom is -0.480 e. The van der Waals surface area contributed by atoms with Crippen molar-refractivity contribution in [1.29, 1.82) is 0 Å². The number of halogens is 2. The van der Waals surface area contributed by atoms with Crippen LogP contribution in [-0.4, -0.2) is 12.0 Å². The molecule has 0 fully saturated rings. The maximum Gasteiger partial charge on any atom is 0.258 e. The number of primary amides is 1. The average Bonchev–Trinajstić information content (AvgIpc) is 2.16. The number of rotatable bonds is 4. The zero-order valence-electron chi connectivity index (χ0n) is 8.17. The van der Waals surface area contributed by atoms with E-state index in [9.17, 15) is 4.79 Å². The van der Waals surface area contributed by atoms with Crippen molar-refractivity contribution in [2.75, 3.05) is 0 Å². The summed E-state index contributed by atoms with van der Waals surface area (Å²) in [5, 5.41) is 0.638. The molecule has 0 aliphatic carbocycles. The third kappa shape index (κ3) is 3.53. The summed E-state index contributed by atoms with van der Waals surface area (Å²) in [7, 11) is 0. The Kier molecular flexibility index (Phi) is 4.66. The molecule has 1 amide bonds. The molecule has 1 rings (SSSR count). The van der Waals surface area contributed by atoms with Gasteiger partial charge in [-0.1, -0.05) is 18.5 Å². The average molecular weight is 340 g/mol. The third-order valence-electron chi connectivity index (χ3n) is 1.85. The van der Waals surface area contributed by atoms with Gasteiger partial charge in [0.1, 0.15) is 5.75 Å². The van der Waals surface area contributed by atoms with Crippen molar-refractivity contribution in [1.82, 2.24) is 0 Å². The second-order valence-corrected chi connectivity index (χ2v) is 4.59. The van der Waals surface area contributed by atoms with Crippen molar-refractivity contribution in [2.24, 2.45) is 5.73 Å². The van der Waals surface area contributed by atoms with Crippen molar-refractivity contribution >= 4 is 40.1 Å². The van der Waals surface area contributed by atoms with Crippen LogP contribution >= 0.6 is 34.2 Å². The highest BCUT2D eigenvalue weighted by atomic mass is 127. The summed E-state index contributed by atoms with van der Waals surface area (Å²) in [5.74, 6) is 0.175. The third-order valence-corrected chi connectivity index (χ3v) is 2.93. The van der Waals surface area contributed by atoms with Crippen molar-refractivity contribution in [3.63, 3.8) is 0 Å². The SMILES string of the molecule is CCC(Oc1ccc(Cl)cc1I)C(N)=O. The lowest BCUT2D eigenvalue weighted by Crippen LogP contribution is -2.33. The molecule has 1 aromatic rings. The molecule has 15 heavy (non-hydrogen) atoms. The molecule has 0 radical (unpaired) electrons. The van der Waals surface area contributed by atoms with E-state index in [1.54, 1.807) is 18.2 Å². The number of nitrogens with two attached hydrogens (primary N) is 1. The van der Waals surface area contributed by atoms with Crippen LogP contribution in [0.2, 0.25) is 5.02 Å². The molecule has 1 atom stereocenters. The molecule has 3 nitrogen and oxygen atoms in total. The zero-order chi connectivity index (χ0) is 11.4. The molecule has 0 spiro atoms. The molecule has 0 aliphatic rings. The predicted octanol–water partition coefficient (Wildman–Crippen LogP) is 2.59. The number of ether oxygens (including phenoxy) is 1. The van der Waals surface area contributed by atoms with E-state index < -0.39 is 12.0 Å². The van der Waals surface area contributed by atoms with Crippen LogP contribution in [0.3, 0.4) is 0 Å². The molecule has 82 valence electrons. The summed E-state index contributed by atoms with van der Waals surface area (Å²) in [6.07, 6.45) is -0.0340. The summed E-state index contributed by atoms with van der Waals surface area (Å²) in [5.41, 5.74) is 5.18. The van der Waals surface area contributed by atoms with Crippen LogP contribution < -0.4 is 10.5 Å². The molecule has 1 unspecified atom stereocenters. The number of carbonyl (C=O) groups is 1. The predicted molar refractivity (Wildman–Crippen MR) is 68.1 cm³/mol. The molecular weight excluding hydrogens is 328 g/mol. The van der Waals surface area contributed by atoms with Crippen LogP contribution in [0.15, 0.2) is 18.2 Å². The van der Waals surface area contributed by atoms with Gasteiger partial charge in [0.2, 0.25) is 0 Å². The monoisotopic (exact) mass is 339 g/mol. The summed E-state index contributed by atoms with van der Waals surface area (Å²) < 4.78 is 6.33. The van der Waals surface area contributed by atoms with Gasteiger partial charge in [-0.05, 0) is 47.2 Å². The van der Waals surface area contributed by atoms with Crippen LogP contribution in [0, 0.1) is 3.57 Å².